The minimum Gasteiger partial charge on any atom is -0.392 e. The molecule has 1 saturated heterocycles. The van der Waals surface area contributed by atoms with Crippen molar-refractivity contribution in [3.05, 3.63) is 0 Å². The second kappa shape index (κ2) is 5.82. The number of ether oxygens (including phenoxy) is 2. The van der Waals surface area contributed by atoms with Crippen LogP contribution in [0.5, 0.6) is 0 Å². The Hall–Kier alpha value is -0.360. The summed E-state index contributed by atoms with van der Waals surface area (Å²) in [5.74, 6) is -1.50. The number of aliphatic hydroxyl groups excluding tert-OH is 2. The van der Waals surface area contributed by atoms with Crippen molar-refractivity contribution in [3.63, 3.8) is 0 Å². The van der Waals surface area contributed by atoms with Gasteiger partial charge in [-0.15, -0.1) is 0 Å². The van der Waals surface area contributed by atoms with E-state index in [1.165, 1.54) is 7.11 Å². The summed E-state index contributed by atoms with van der Waals surface area (Å²) < 4.78 is 11.5. The Labute approximate surface area is 181 Å². The highest BCUT2D eigenvalue weighted by Gasteiger charge is 2.93. The molecule has 0 aromatic carbocycles. The first-order valence-electron chi connectivity index (χ1n) is 11.6. The molecule has 1 heterocycles. The van der Waals surface area contributed by atoms with Crippen LogP contribution in [0.1, 0.15) is 32.6 Å². The molecule has 5 saturated carbocycles. The highest BCUT2D eigenvalue weighted by atomic mass is 16.5. The number of likely N-dealkylation sites (tertiary alicyclic amines) is 1. The lowest BCUT2D eigenvalue weighted by Gasteiger charge is -2.71. The SMILES string of the molecule is CCN1C[C@]2(O)[C@H](O)C[C@H](O)[C@@]34[C@@H]2C[C@@](O)([C@H]13)[C@@]1(O)C[C@@H](OC)[C@H]2C[C@H]4[C@]1(O)[C@H]2OC. The molecule has 1 spiro atoms. The molecular weight excluding hydrogens is 406 g/mol. The fourth-order valence-corrected chi connectivity index (χ4v) is 9.98. The van der Waals surface area contributed by atoms with Gasteiger partial charge in [0.1, 0.15) is 22.4 Å². The first-order valence-corrected chi connectivity index (χ1v) is 11.6. The van der Waals surface area contributed by atoms with Crippen LogP contribution in [0.25, 0.3) is 0 Å². The van der Waals surface area contributed by atoms with E-state index in [1.807, 2.05) is 11.8 Å². The minimum atomic E-state index is -1.95. The largest absolute Gasteiger partial charge is 0.392 e. The summed E-state index contributed by atoms with van der Waals surface area (Å²) in [6.07, 6.45) is -2.93. The van der Waals surface area contributed by atoms with Crippen molar-refractivity contribution in [1.29, 1.82) is 0 Å². The van der Waals surface area contributed by atoms with E-state index in [0.717, 1.165) is 0 Å². The van der Waals surface area contributed by atoms with Gasteiger partial charge >= 0.3 is 0 Å². The molecule has 6 N–H and O–H groups in total. The summed E-state index contributed by atoms with van der Waals surface area (Å²) in [7, 11) is 3.06. The average Bonchev–Trinajstić information content (AvgIpc) is 3.11. The maximum atomic E-state index is 12.4. The third-order valence-electron chi connectivity index (χ3n) is 10.9. The van der Waals surface area contributed by atoms with Crippen LogP contribution in [-0.2, 0) is 9.47 Å². The molecule has 0 unspecified atom stereocenters. The minimum absolute atomic E-state index is 0.00830. The lowest BCUT2D eigenvalue weighted by Crippen LogP contribution is -2.88. The molecule has 5 aliphatic carbocycles. The molecule has 6 aliphatic rings. The summed E-state index contributed by atoms with van der Waals surface area (Å²) in [4.78, 5) is 1.90. The first-order chi connectivity index (χ1) is 14.5. The first kappa shape index (κ1) is 21.2. The van der Waals surface area contributed by atoms with Gasteiger partial charge in [0, 0.05) is 56.8 Å². The maximum Gasteiger partial charge on any atom is 0.129 e. The molecule has 176 valence electrons. The van der Waals surface area contributed by atoms with Crippen LogP contribution in [0.4, 0.5) is 0 Å². The average molecular weight is 442 g/mol. The molecule has 1 aliphatic heterocycles. The number of hydrogen-bond donors (Lipinski definition) is 6. The van der Waals surface area contributed by atoms with Crippen LogP contribution >= 0.6 is 0 Å². The standard InChI is InChI=1S/C22H35NO8/c1-4-23-9-18(26)13-8-19(27)17(23)21(13,15(25)6-14(18)24)12-5-10-11(30-2)7-20(19,28)22(12,29)16(10)31-3/h10-17,24-29H,4-9H2,1-3H3/t10-,11-,12-,13-,14-,15+,16+,17+,18-,19-,20+,21-,22+/m1/s1. The molecule has 6 rings (SSSR count). The monoisotopic (exact) mass is 441 g/mol. The smallest absolute Gasteiger partial charge is 0.129 e. The molecule has 9 nitrogen and oxygen atoms in total. The van der Waals surface area contributed by atoms with Gasteiger partial charge in [0.05, 0.1) is 30.5 Å². The Morgan fingerprint density at radius 2 is 1.65 bits per heavy atom. The van der Waals surface area contributed by atoms with Gasteiger partial charge in [-0.05, 0) is 19.4 Å². The van der Waals surface area contributed by atoms with Crippen molar-refractivity contribution < 1.29 is 40.1 Å². The van der Waals surface area contributed by atoms with Gasteiger partial charge in [-0.3, -0.25) is 4.90 Å². The second-order valence-corrected chi connectivity index (χ2v) is 11.2. The molecule has 0 amide bonds. The normalized spacial score (nSPS) is 66.5. The van der Waals surface area contributed by atoms with Crippen molar-refractivity contribution in [3.8, 4) is 0 Å². The van der Waals surface area contributed by atoms with Crippen LogP contribution in [-0.4, -0.2) is 116 Å². The molecule has 0 aromatic rings. The summed E-state index contributed by atoms with van der Waals surface area (Å²) in [5.41, 5.74) is -8.18. The second-order valence-electron chi connectivity index (χ2n) is 11.2. The van der Waals surface area contributed by atoms with Gasteiger partial charge in [-0.2, -0.15) is 0 Å². The van der Waals surface area contributed by atoms with E-state index in [0.29, 0.717) is 13.0 Å². The zero-order valence-corrected chi connectivity index (χ0v) is 18.3. The zero-order valence-electron chi connectivity index (χ0n) is 18.3. The van der Waals surface area contributed by atoms with Crippen molar-refractivity contribution >= 4 is 0 Å². The predicted molar refractivity (Wildman–Crippen MR) is 106 cm³/mol. The Kier molecular flexibility index (Phi) is 3.98. The lowest BCUT2D eigenvalue weighted by molar-refractivity contribution is -0.373. The van der Waals surface area contributed by atoms with Crippen molar-refractivity contribution in [2.75, 3.05) is 27.3 Å². The van der Waals surface area contributed by atoms with Crippen LogP contribution in [0.2, 0.25) is 0 Å². The van der Waals surface area contributed by atoms with Crippen LogP contribution in [0.15, 0.2) is 0 Å². The number of fused-ring (bicyclic) bond motifs is 2. The van der Waals surface area contributed by atoms with E-state index in [4.69, 9.17) is 9.47 Å². The van der Waals surface area contributed by atoms with Gasteiger partial charge in [0.2, 0.25) is 0 Å². The highest BCUT2D eigenvalue weighted by Crippen LogP contribution is 2.79. The van der Waals surface area contributed by atoms with Gasteiger partial charge in [0.25, 0.3) is 0 Å². The third-order valence-corrected chi connectivity index (χ3v) is 10.9. The number of β-amino-alcohol motifs (C(OH)–C–C–N with tert-alkyl or cyclic N) is 1. The molecule has 7 bridgehead atoms. The summed E-state index contributed by atoms with van der Waals surface area (Å²) >= 11 is 0. The van der Waals surface area contributed by atoms with Crippen molar-refractivity contribution in [2.45, 2.75) is 85.5 Å². The van der Waals surface area contributed by atoms with E-state index >= 15 is 0 Å². The molecule has 0 radical (unpaired) electrons. The number of likely N-dealkylation sites (N-methyl/N-ethyl adjacent to an activating group) is 1. The lowest BCUT2D eigenvalue weighted by atomic mass is 9.43. The fourth-order valence-electron chi connectivity index (χ4n) is 9.98. The summed E-state index contributed by atoms with van der Waals surface area (Å²) in [6, 6.07) is -0.653. The molecule has 6 fully saturated rings. The number of piperidine rings is 1. The highest BCUT2D eigenvalue weighted by molar-refractivity contribution is 5.43. The van der Waals surface area contributed by atoms with E-state index in [2.05, 4.69) is 0 Å². The topological polar surface area (TPSA) is 143 Å². The summed E-state index contributed by atoms with van der Waals surface area (Å²) in [5, 5.41) is 71.2. The molecule has 0 aromatic heterocycles. The van der Waals surface area contributed by atoms with Crippen molar-refractivity contribution in [2.24, 2.45) is 23.2 Å². The van der Waals surface area contributed by atoms with Gasteiger partial charge in [-0.1, -0.05) is 6.92 Å². The Balaban J connectivity index is 1.67. The predicted octanol–water partition coefficient (Wildman–Crippen LogP) is -2.17. The number of hydrogen-bond acceptors (Lipinski definition) is 9. The van der Waals surface area contributed by atoms with Crippen LogP contribution in [0.3, 0.4) is 0 Å². The van der Waals surface area contributed by atoms with E-state index < -0.39 is 70.1 Å². The quantitative estimate of drug-likeness (QED) is 0.288. The maximum absolute atomic E-state index is 12.4. The third kappa shape index (κ3) is 1.78. The number of aliphatic hydroxyl groups is 6. The number of rotatable bonds is 3. The van der Waals surface area contributed by atoms with E-state index in [-0.39, 0.29) is 31.7 Å². The number of methoxy groups -OCH3 is 2. The Morgan fingerprint density at radius 1 is 0.935 bits per heavy atom. The van der Waals surface area contributed by atoms with Gasteiger partial charge < -0.3 is 40.1 Å². The molecular formula is C22H35NO8. The summed E-state index contributed by atoms with van der Waals surface area (Å²) in [6.45, 7) is 2.53. The van der Waals surface area contributed by atoms with Crippen molar-refractivity contribution in [1.82, 2.24) is 4.90 Å². The Bertz CT molecular complexity index is 814. The fraction of sp³-hybridized carbons (Fsp3) is 1.00. The van der Waals surface area contributed by atoms with E-state index in [1.54, 1.807) is 7.11 Å². The molecule has 31 heavy (non-hydrogen) atoms. The molecule has 9 heteroatoms. The molecule has 13 atom stereocenters. The number of nitrogens with zero attached hydrogens (tertiary/aromatic N) is 1. The van der Waals surface area contributed by atoms with E-state index in [9.17, 15) is 30.6 Å². The van der Waals surface area contributed by atoms with Crippen LogP contribution < -0.4 is 0 Å². The van der Waals surface area contributed by atoms with Crippen LogP contribution in [0, 0.1) is 23.2 Å². The van der Waals surface area contributed by atoms with Gasteiger partial charge in [-0.25, -0.2) is 0 Å². The van der Waals surface area contributed by atoms with Gasteiger partial charge in [0.15, 0.2) is 0 Å². The zero-order chi connectivity index (χ0) is 22.4. The Morgan fingerprint density at radius 3 is 2.26 bits per heavy atom.